The fourth-order valence-electron chi connectivity index (χ4n) is 3.99. The lowest BCUT2D eigenvalue weighted by Crippen LogP contribution is -2.30. The van der Waals surface area contributed by atoms with Crippen molar-refractivity contribution in [2.24, 2.45) is 0 Å². The molecule has 0 radical (unpaired) electrons. The number of aryl methyl sites for hydroxylation is 1. The average molecular weight is 323 g/mol. The van der Waals surface area contributed by atoms with Crippen molar-refractivity contribution in [3.63, 3.8) is 0 Å². The van der Waals surface area contributed by atoms with E-state index in [4.69, 9.17) is 0 Å². The molecule has 1 aromatic heterocycles. The lowest BCUT2D eigenvalue weighted by atomic mass is 9.83. The van der Waals surface area contributed by atoms with E-state index < -0.39 is 0 Å². The molecule has 5 nitrogen and oxygen atoms in total. The van der Waals surface area contributed by atoms with Crippen LogP contribution in [0.4, 0.5) is 5.69 Å². The molecule has 2 heterocycles. The van der Waals surface area contributed by atoms with Crippen LogP contribution in [-0.4, -0.2) is 28.0 Å². The maximum atomic E-state index is 13.0. The molecule has 0 saturated carbocycles. The highest BCUT2D eigenvalue weighted by atomic mass is 16.2. The SMILES string of the molecule is Cc1cc(C(=O)N2CC3CCC(=O)c4cccc2c43)nn1C(C)C. The van der Waals surface area contributed by atoms with E-state index >= 15 is 0 Å². The predicted octanol–water partition coefficient (Wildman–Crippen LogP) is 3.49. The number of hydrogen-bond donors (Lipinski definition) is 0. The fraction of sp³-hybridized carbons (Fsp3) is 0.421. The summed E-state index contributed by atoms with van der Waals surface area (Å²) in [7, 11) is 0. The van der Waals surface area contributed by atoms with Crippen molar-refractivity contribution in [1.82, 2.24) is 9.78 Å². The molecule has 4 rings (SSSR count). The minimum atomic E-state index is -0.0762. The molecular weight excluding hydrogens is 302 g/mol. The predicted molar refractivity (Wildman–Crippen MR) is 91.8 cm³/mol. The topological polar surface area (TPSA) is 55.2 Å². The van der Waals surface area contributed by atoms with Gasteiger partial charge in [0.25, 0.3) is 5.91 Å². The quantitative estimate of drug-likeness (QED) is 0.850. The largest absolute Gasteiger partial charge is 0.306 e. The Morgan fingerprint density at radius 3 is 2.83 bits per heavy atom. The Bertz CT molecular complexity index is 850. The molecule has 124 valence electrons. The zero-order valence-electron chi connectivity index (χ0n) is 14.2. The van der Waals surface area contributed by atoms with Crippen LogP contribution in [-0.2, 0) is 0 Å². The van der Waals surface area contributed by atoms with E-state index in [1.165, 1.54) is 0 Å². The number of carbonyl (C=O) groups is 2. The van der Waals surface area contributed by atoms with Gasteiger partial charge in [-0.15, -0.1) is 0 Å². The monoisotopic (exact) mass is 323 g/mol. The Morgan fingerprint density at radius 2 is 2.12 bits per heavy atom. The van der Waals surface area contributed by atoms with E-state index in [1.54, 1.807) is 4.90 Å². The van der Waals surface area contributed by atoms with Crippen molar-refractivity contribution < 1.29 is 9.59 Å². The number of rotatable bonds is 2. The van der Waals surface area contributed by atoms with Crippen LogP contribution in [0.15, 0.2) is 24.3 Å². The van der Waals surface area contributed by atoms with E-state index in [9.17, 15) is 9.59 Å². The minimum absolute atomic E-state index is 0.0762. The molecule has 1 aromatic carbocycles. The number of amides is 1. The Morgan fingerprint density at radius 1 is 1.33 bits per heavy atom. The Hall–Kier alpha value is -2.43. The van der Waals surface area contributed by atoms with Gasteiger partial charge < -0.3 is 4.90 Å². The first-order valence-electron chi connectivity index (χ1n) is 8.51. The lowest BCUT2D eigenvalue weighted by molar-refractivity contribution is 0.0968. The van der Waals surface area contributed by atoms with Gasteiger partial charge in [0.15, 0.2) is 11.5 Å². The summed E-state index contributed by atoms with van der Waals surface area (Å²) in [6.45, 7) is 6.72. The summed E-state index contributed by atoms with van der Waals surface area (Å²) in [5, 5.41) is 4.49. The second-order valence-corrected chi connectivity index (χ2v) is 7.02. The van der Waals surface area contributed by atoms with Gasteiger partial charge >= 0.3 is 0 Å². The van der Waals surface area contributed by atoms with E-state index in [0.29, 0.717) is 18.7 Å². The number of benzene rings is 1. The van der Waals surface area contributed by atoms with Gasteiger partial charge in [0.1, 0.15) is 0 Å². The first kappa shape index (κ1) is 15.1. The summed E-state index contributed by atoms with van der Waals surface area (Å²) in [6.07, 6.45) is 1.40. The summed E-state index contributed by atoms with van der Waals surface area (Å²) in [5.74, 6) is 0.385. The van der Waals surface area contributed by atoms with Crippen LogP contribution >= 0.6 is 0 Å². The summed E-state index contributed by atoms with van der Waals surface area (Å²) >= 11 is 0. The van der Waals surface area contributed by atoms with Crippen LogP contribution in [0.25, 0.3) is 0 Å². The molecule has 1 unspecified atom stereocenters. The van der Waals surface area contributed by atoms with Crippen molar-refractivity contribution in [3.05, 3.63) is 46.8 Å². The first-order valence-corrected chi connectivity index (χ1v) is 8.51. The van der Waals surface area contributed by atoms with Crippen molar-refractivity contribution >= 4 is 17.4 Å². The summed E-state index contributed by atoms with van der Waals surface area (Å²) in [5.41, 5.74) is 4.19. The molecule has 0 fully saturated rings. The minimum Gasteiger partial charge on any atom is -0.306 e. The van der Waals surface area contributed by atoms with Crippen molar-refractivity contribution in [2.75, 3.05) is 11.4 Å². The van der Waals surface area contributed by atoms with Crippen molar-refractivity contribution in [3.8, 4) is 0 Å². The molecule has 0 spiro atoms. The zero-order valence-corrected chi connectivity index (χ0v) is 14.2. The van der Waals surface area contributed by atoms with Crippen molar-refractivity contribution in [2.45, 2.75) is 45.6 Å². The normalized spacial score (nSPS) is 19.1. The Balaban J connectivity index is 1.74. The molecule has 2 aliphatic rings. The Kier molecular flexibility index (Phi) is 3.34. The maximum absolute atomic E-state index is 13.0. The zero-order chi connectivity index (χ0) is 17.0. The van der Waals surface area contributed by atoms with E-state index in [-0.39, 0.29) is 23.7 Å². The lowest BCUT2D eigenvalue weighted by Gasteiger charge is -2.18. The van der Waals surface area contributed by atoms with Crippen LogP contribution in [0.3, 0.4) is 0 Å². The molecule has 24 heavy (non-hydrogen) atoms. The van der Waals surface area contributed by atoms with Crippen LogP contribution in [0.1, 0.15) is 70.8 Å². The number of carbonyl (C=O) groups excluding carboxylic acids is 2. The van der Waals surface area contributed by atoms with Crippen LogP contribution in [0, 0.1) is 6.92 Å². The molecule has 0 N–H and O–H groups in total. The van der Waals surface area contributed by atoms with E-state index in [2.05, 4.69) is 18.9 Å². The smallest absolute Gasteiger partial charge is 0.278 e. The van der Waals surface area contributed by atoms with Gasteiger partial charge in [-0.1, -0.05) is 12.1 Å². The third-order valence-corrected chi connectivity index (χ3v) is 5.08. The number of aromatic nitrogens is 2. The second-order valence-electron chi connectivity index (χ2n) is 7.02. The summed E-state index contributed by atoms with van der Waals surface area (Å²) in [4.78, 5) is 27.0. The Labute approximate surface area is 141 Å². The molecular formula is C19H21N3O2. The highest BCUT2D eigenvalue weighted by Gasteiger charge is 2.39. The molecule has 0 saturated heterocycles. The third-order valence-electron chi connectivity index (χ3n) is 5.08. The maximum Gasteiger partial charge on any atom is 0.278 e. The van der Waals surface area contributed by atoms with E-state index in [1.807, 2.05) is 35.9 Å². The van der Waals surface area contributed by atoms with Crippen LogP contribution in [0.2, 0.25) is 0 Å². The molecule has 1 atom stereocenters. The number of hydrogen-bond acceptors (Lipinski definition) is 3. The number of ketones is 1. The van der Waals surface area contributed by atoms with Gasteiger partial charge in [0.2, 0.25) is 0 Å². The number of nitrogens with zero attached hydrogens (tertiary/aromatic N) is 3. The van der Waals surface area contributed by atoms with Gasteiger partial charge in [-0.3, -0.25) is 14.3 Å². The van der Waals surface area contributed by atoms with Gasteiger partial charge in [-0.05, 0) is 44.9 Å². The number of Topliss-reactive ketones (excluding diaryl/α,β-unsaturated/α-hetero) is 1. The molecule has 1 aliphatic heterocycles. The van der Waals surface area contributed by atoms with Crippen LogP contribution in [0.5, 0.6) is 0 Å². The molecule has 0 bridgehead atoms. The first-order chi connectivity index (χ1) is 11.5. The van der Waals surface area contributed by atoms with Gasteiger partial charge in [-0.25, -0.2) is 0 Å². The molecule has 2 aromatic rings. The van der Waals surface area contributed by atoms with Gasteiger partial charge in [-0.2, -0.15) is 5.10 Å². The second kappa shape index (κ2) is 5.30. The molecule has 5 heteroatoms. The van der Waals surface area contributed by atoms with Crippen molar-refractivity contribution in [1.29, 1.82) is 0 Å². The number of anilines is 1. The summed E-state index contributed by atoms with van der Waals surface area (Å²) in [6, 6.07) is 7.78. The van der Waals surface area contributed by atoms with Gasteiger partial charge in [0, 0.05) is 41.9 Å². The standard InChI is InChI=1S/C19H21N3O2/c1-11(2)22-12(3)9-15(20-22)19(24)21-10-13-7-8-17(23)14-5-4-6-16(21)18(13)14/h4-6,9,11,13H,7-8,10H2,1-3H3. The highest BCUT2D eigenvalue weighted by Crippen LogP contribution is 2.44. The van der Waals surface area contributed by atoms with Gasteiger partial charge in [0.05, 0.1) is 0 Å². The molecule has 1 amide bonds. The van der Waals surface area contributed by atoms with Crippen LogP contribution < -0.4 is 4.90 Å². The summed E-state index contributed by atoms with van der Waals surface area (Å²) < 4.78 is 1.87. The third kappa shape index (κ3) is 2.11. The van der Waals surface area contributed by atoms with E-state index in [0.717, 1.165) is 28.9 Å². The molecule has 1 aliphatic carbocycles. The fourth-order valence-corrected chi connectivity index (χ4v) is 3.99. The highest BCUT2D eigenvalue weighted by molar-refractivity contribution is 6.09. The average Bonchev–Trinajstić information content (AvgIpc) is 3.12.